The maximum atomic E-state index is 5.57. The summed E-state index contributed by atoms with van der Waals surface area (Å²) in [6.07, 6.45) is 6.24. The van der Waals surface area contributed by atoms with Gasteiger partial charge in [0.25, 0.3) is 5.89 Å². The van der Waals surface area contributed by atoms with Crippen LogP contribution in [0.15, 0.2) is 22.9 Å². The van der Waals surface area contributed by atoms with E-state index >= 15 is 0 Å². The van der Waals surface area contributed by atoms with Crippen LogP contribution in [0, 0.1) is 0 Å². The fourth-order valence-corrected chi connectivity index (χ4v) is 2.54. The standard InChI is InChI=1S/C14H15N3O2/c1-3-10(12(15-7-1)9-5-6-9)13-16-14(19-17-13)11-4-2-8-18-11/h1,3,7,9,11H,2,4-6,8H2/t11-/m1/s1. The third-order valence-corrected chi connectivity index (χ3v) is 3.69. The molecule has 0 unspecified atom stereocenters. The minimum atomic E-state index is -0.0257. The lowest BCUT2D eigenvalue weighted by Gasteiger charge is -2.02. The first-order valence-corrected chi connectivity index (χ1v) is 6.82. The number of nitrogens with zero attached hydrogens (tertiary/aromatic N) is 3. The second-order valence-corrected chi connectivity index (χ2v) is 5.17. The van der Waals surface area contributed by atoms with E-state index in [4.69, 9.17) is 9.26 Å². The molecule has 1 saturated heterocycles. The van der Waals surface area contributed by atoms with Crippen molar-refractivity contribution in [3.8, 4) is 11.4 Å². The Morgan fingerprint density at radius 1 is 1.21 bits per heavy atom. The second-order valence-electron chi connectivity index (χ2n) is 5.17. The van der Waals surface area contributed by atoms with Gasteiger partial charge in [0.1, 0.15) is 6.10 Å². The Kier molecular flexibility index (Phi) is 2.58. The van der Waals surface area contributed by atoms with Gasteiger partial charge in [-0.3, -0.25) is 4.98 Å². The maximum Gasteiger partial charge on any atom is 0.256 e. The summed E-state index contributed by atoms with van der Waals surface area (Å²) < 4.78 is 10.9. The third-order valence-electron chi connectivity index (χ3n) is 3.69. The van der Waals surface area contributed by atoms with Gasteiger partial charge in [-0.05, 0) is 37.8 Å². The van der Waals surface area contributed by atoms with Crippen molar-refractivity contribution in [2.24, 2.45) is 0 Å². The van der Waals surface area contributed by atoms with Gasteiger partial charge >= 0.3 is 0 Å². The minimum absolute atomic E-state index is 0.0257. The lowest BCUT2D eigenvalue weighted by molar-refractivity contribution is 0.0835. The molecule has 0 radical (unpaired) electrons. The van der Waals surface area contributed by atoms with E-state index in [0.29, 0.717) is 17.6 Å². The monoisotopic (exact) mass is 257 g/mol. The van der Waals surface area contributed by atoms with Crippen LogP contribution in [-0.2, 0) is 4.74 Å². The molecule has 1 saturated carbocycles. The highest BCUT2D eigenvalue weighted by Gasteiger charge is 2.30. The van der Waals surface area contributed by atoms with Crippen molar-refractivity contribution in [1.29, 1.82) is 0 Å². The largest absolute Gasteiger partial charge is 0.368 e. The highest BCUT2D eigenvalue weighted by molar-refractivity contribution is 5.59. The molecule has 5 heteroatoms. The summed E-state index contributed by atoms with van der Waals surface area (Å²) in [5.74, 6) is 1.81. The predicted molar refractivity (Wildman–Crippen MR) is 67.4 cm³/mol. The summed E-state index contributed by atoms with van der Waals surface area (Å²) in [5, 5.41) is 4.10. The first kappa shape index (κ1) is 11.1. The lowest BCUT2D eigenvalue weighted by Crippen LogP contribution is -1.96. The lowest BCUT2D eigenvalue weighted by atomic mass is 10.1. The fraction of sp³-hybridized carbons (Fsp3) is 0.500. The number of hydrogen-bond donors (Lipinski definition) is 0. The van der Waals surface area contributed by atoms with Crippen LogP contribution in [0.4, 0.5) is 0 Å². The van der Waals surface area contributed by atoms with E-state index < -0.39 is 0 Å². The molecule has 4 rings (SSSR count). The van der Waals surface area contributed by atoms with Crippen LogP contribution >= 0.6 is 0 Å². The molecular weight excluding hydrogens is 242 g/mol. The van der Waals surface area contributed by atoms with E-state index in [0.717, 1.165) is 30.7 Å². The Morgan fingerprint density at radius 2 is 2.16 bits per heavy atom. The van der Waals surface area contributed by atoms with Gasteiger partial charge in [0.15, 0.2) is 0 Å². The Morgan fingerprint density at radius 3 is 2.95 bits per heavy atom. The van der Waals surface area contributed by atoms with Gasteiger partial charge < -0.3 is 9.26 Å². The zero-order valence-corrected chi connectivity index (χ0v) is 10.6. The highest BCUT2D eigenvalue weighted by Crippen LogP contribution is 2.42. The number of rotatable bonds is 3. The molecule has 2 fully saturated rings. The van der Waals surface area contributed by atoms with Crippen molar-refractivity contribution in [3.05, 3.63) is 29.9 Å². The number of pyridine rings is 1. The first-order valence-electron chi connectivity index (χ1n) is 6.82. The molecule has 1 atom stereocenters. The Labute approximate surface area is 111 Å². The van der Waals surface area contributed by atoms with E-state index in [1.807, 2.05) is 18.3 Å². The van der Waals surface area contributed by atoms with Crippen LogP contribution in [0.3, 0.4) is 0 Å². The van der Waals surface area contributed by atoms with Gasteiger partial charge in [-0.15, -0.1) is 0 Å². The minimum Gasteiger partial charge on any atom is -0.368 e. The zero-order valence-electron chi connectivity index (χ0n) is 10.6. The van der Waals surface area contributed by atoms with Crippen molar-refractivity contribution in [1.82, 2.24) is 15.1 Å². The van der Waals surface area contributed by atoms with E-state index in [1.165, 1.54) is 12.8 Å². The molecule has 3 heterocycles. The smallest absolute Gasteiger partial charge is 0.256 e. The van der Waals surface area contributed by atoms with Crippen molar-refractivity contribution in [2.45, 2.75) is 37.7 Å². The Bertz CT molecular complexity index is 586. The van der Waals surface area contributed by atoms with E-state index in [9.17, 15) is 0 Å². The molecule has 0 N–H and O–H groups in total. The normalized spacial score (nSPS) is 22.8. The number of hydrogen-bond acceptors (Lipinski definition) is 5. The average Bonchev–Trinajstić information content (AvgIpc) is 2.95. The molecule has 0 aromatic carbocycles. The maximum absolute atomic E-state index is 5.57. The van der Waals surface area contributed by atoms with Gasteiger partial charge in [0.05, 0.1) is 5.69 Å². The molecule has 1 aliphatic heterocycles. The topological polar surface area (TPSA) is 61.0 Å². The molecule has 0 amide bonds. The molecule has 0 spiro atoms. The first-order chi connectivity index (χ1) is 9.42. The Balaban J connectivity index is 1.68. The van der Waals surface area contributed by atoms with Crippen molar-refractivity contribution < 1.29 is 9.26 Å². The summed E-state index contributed by atoms with van der Waals surface area (Å²) >= 11 is 0. The van der Waals surface area contributed by atoms with Crippen molar-refractivity contribution >= 4 is 0 Å². The molecule has 1 aliphatic carbocycles. The molecule has 0 bridgehead atoms. The van der Waals surface area contributed by atoms with Gasteiger partial charge in [0.2, 0.25) is 5.82 Å². The van der Waals surface area contributed by atoms with E-state index in [2.05, 4.69) is 15.1 Å². The predicted octanol–water partition coefficient (Wildman–Crippen LogP) is 2.86. The Hall–Kier alpha value is -1.75. The van der Waals surface area contributed by atoms with Crippen LogP contribution in [0.1, 0.15) is 49.3 Å². The molecular formula is C14H15N3O2. The number of aromatic nitrogens is 3. The quantitative estimate of drug-likeness (QED) is 0.846. The van der Waals surface area contributed by atoms with Crippen LogP contribution in [-0.4, -0.2) is 21.7 Å². The molecule has 2 aromatic heterocycles. The summed E-state index contributed by atoms with van der Waals surface area (Å²) in [4.78, 5) is 8.96. The molecule has 19 heavy (non-hydrogen) atoms. The summed E-state index contributed by atoms with van der Waals surface area (Å²) in [5.41, 5.74) is 2.10. The number of ether oxygens (including phenoxy) is 1. The van der Waals surface area contributed by atoms with Crippen molar-refractivity contribution in [2.75, 3.05) is 6.61 Å². The van der Waals surface area contributed by atoms with Crippen LogP contribution in [0.5, 0.6) is 0 Å². The molecule has 98 valence electrons. The molecule has 5 nitrogen and oxygen atoms in total. The average molecular weight is 257 g/mol. The van der Waals surface area contributed by atoms with Gasteiger partial charge in [-0.25, -0.2) is 0 Å². The van der Waals surface area contributed by atoms with Gasteiger partial charge in [-0.1, -0.05) is 5.16 Å². The van der Waals surface area contributed by atoms with E-state index in [-0.39, 0.29) is 6.10 Å². The highest BCUT2D eigenvalue weighted by atomic mass is 16.5. The summed E-state index contributed by atoms with van der Waals surface area (Å²) in [6.45, 7) is 0.780. The van der Waals surface area contributed by atoms with Crippen LogP contribution in [0.25, 0.3) is 11.4 Å². The van der Waals surface area contributed by atoms with Crippen molar-refractivity contribution in [3.63, 3.8) is 0 Å². The van der Waals surface area contributed by atoms with Crippen LogP contribution < -0.4 is 0 Å². The summed E-state index contributed by atoms with van der Waals surface area (Å²) in [6, 6.07) is 3.94. The summed E-state index contributed by atoms with van der Waals surface area (Å²) in [7, 11) is 0. The van der Waals surface area contributed by atoms with Gasteiger partial charge in [0, 0.05) is 24.3 Å². The molecule has 2 aromatic rings. The third kappa shape index (κ3) is 2.04. The SMILES string of the molecule is c1cnc(C2CC2)c(-c2noc([C@H]3CCCO3)n2)c1. The fourth-order valence-electron chi connectivity index (χ4n) is 2.54. The molecule has 2 aliphatic rings. The zero-order chi connectivity index (χ0) is 12.7. The van der Waals surface area contributed by atoms with Crippen LogP contribution in [0.2, 0.25) is 0 Å². The second kappa shape index (κ2) is 4.42. The van der Waals surface area contributed by atoms with E-state index in [1.54, 1.807) is 0 Å². The van der Waals surface area contributed by atoms with Gasteiger partial charge in [-0.2, -0.15) is 4.98 Å².